The van der Waals surface area contributed by atoms with Crippen LogP contribution in [0.5, 0.6) is 0 Å². The number of carbonyl (C=O) groups excluding carboxylic acids is 1. The van der Waals surface area contributed by atoms with Crippen LogP contribution in [0, 0.1) is 5.92 Å². The summed E-state index contributed by atoms with van der Waals surface area (Å²) in [6.07, 6.45) is 1.55. The number of likely N-dealkylation sites (tertiary alicyclic amines) is 1. The summed E-state index contributed by atoms with van der Waals surface area (Å²) in [5.74, 6) is -4.04. The van der Waals surface area contributed by atoms with E-state index in [1.165, 1.54) is 29.2 Å². The van der Waals surface area contributed by atoms with Crippen molar-refractivity contribution in [3.63, 3.8) is 0 Å². The molecule has 1 aromatic rings. The molecule has 0 aliphatic carbocycles. The molecule has 1 heterocycles. The Morgan fingerprint density at radius 1 is 1.30 bits per heavy atom. The maximum atomic E-state index is 14.2. The van der Waals surface area contributed by atoms with Crippen molar-refractivity contribution in [2.45, 2.75) is 18.8 Å². The van der Waals surface area contributed by atoms with Gasteiger partial charge in [-0.05, 0) is 32.4 Å². The Morgan fingerprint density at radius 3 is 2.45 bits per heavy atom. The van der Waals surface area contributed by atoms with Crippen molar-refractivity contribution in [1.82, 2.24) is 10.2 Å². The third-order valence-electron chi connectivity index (χ3n) is 3.80. The lowest BCUT2D eigenvalue weighted by Crippen LogP contribution is -2.46. The highest BCUT2D eigenvalue weighted by molar-refractivity contribution is 5.84. The Bertz CT molecular complexity index is 442. The van der Waals surface area contributed by atoms with Crippen molar-refractivity contribution < 1.29 is 13.6 Å². The van der Waals surface area contributed by atoms with Gasteiger partial charge in [0.2, 0.25) is 0 Å². The number of hydrogen-bond donors (Lipinski definition) is 1. The summed E-state index contributed by atoms with van der Waals surface area (Å²) in [7, 11) is 1.88. The monoisotopic (exact) mass is 282 g/mol. The first-order valence-corrected chi connectivity index (χ1v) is 6.93. The molecule has 0 saturated carbocycles. The topological polar surface area (TPSA) is 32.3 Å². The minimum Gasteiger partial charge on any atom is -0.337 e. The predicted molar refractivity (Wildman–Crippen MR) is 73.6 cm³/mol. The van der Waals surface area contributed by atoms with Crippen LogP contribution in [0.2, 0.25) is 0 Å². The van der Waals surface area contributed by atoms with Crippen LogP contribution in [0.4, 0.5) is 8.78 Å². The van der Waals surface area contributed by atoms with E-state index < -0.39 is 11.8 Å². The molecule has 0 unspecified atom stereocenters. The molecule has 20 heavy (non-hydrogen) atoms. The van der Waals surface area contributed by atoms with Crippen LogP contribution in [-0.4, -0.2) is 37.5 Å². The Hall–Kier alpha value is -1.49. The van der Waals surface area contributed by atoms with Gasteiger partial charge in [-0.3, -0.25) is 4.79 Å². The second kappa shape index (κ2) is 6.31. The zero-order valence-corrected chi connectivity index (χ0v) is 11.6. The lowest BCUT2D eigenvalue weighted by atomic mass is 9.96. The van der Waals surface area contributed by atoms with Crippen LogP contribution in [0.1, 0.15) is 18.4 Å². The highest BCUT2D eigenvalue weighted by Gasteiger charge is 2.44. The lowest BCUT2D eigenvalue weighted by molar-refractivity contribution is -0.160. The van der Waals surface area contributed by atoms with Gasteiger partial charge in [0.25, 0.3) is 5.91 Å². The van der Waals surface area contributed by atoms with Crippen LogP contribution in [0.3, 0.4) is 0 Å². The molecule has 1 N–H and O–H groups in total. The molecular weight excluding hydrogens is 262 g/mol. The normalized spacial score (nSPS) is 17.2. The number of alkyl halides is 2. The van der Waals surface area contributed by atoms with Crippen LogP contribution >= 0.6 is 0 Å². The summed E-state index contributed by atoms with van der Waals surface area (Å²) < 4.78 is 28.4. The summed E-state index contributed by atoms with van der Waals surface area (Å²) in [4.78, 5) is 13.3. The van der Waals surface area contributed by atoms with Gasteiger partial charge in [-0.15, -0.1) is 0 Å². The number of nitrogens with one attached hydrogen (secondary N) is 1. The van der Waals surface area contributed by atoms with Crippen molar-refractivity contribution in [2.75, 3.05) is 26.7 Å². The number of carbonyl (C=O) groups is 1. The molecule has 1 amide bonds. The van der Waals surface area contributed by atoms with Crippen molar-refractivity contribution in [1.29, 1.82) is 0 Å². The van der Waals surface area contributed by atoms with E-state index in [0.717, 1.165) is 19.4 Å². The number of rotatable bonds is 4. The number of hydrogen-bond acceptors (Lipinski definition) is 2. The van der Waals surface area contributed by atoms with Gasteiger partial charge in [-0.25, -0.2) is 0 Å². The minimum atomic E-state index is -3.43. The van der Waals surface area contributed by atoms with Crippen LogP contribution in [-0.2, 0) is 10.7 Å². The predicted octanol–water partition coefficient (Wildman–Crippen LogP) is 2.24. The van der Waals surface area contributed by atoms with Crippen molar-refractivity contribution >= 4 is 5.91 Å². The first kappa shape index (κ1) is 14.9. The largest absolute Gasteiger partial charge is 0.349 e. The molecule has 0 radical (unpaired) electrons. The summed E-state index contributed by atoms with van der Waals surface area (Å²) in [6.45, 7) is 1.69. The molecular formula is C15H20F2N2O. The minimum absolute atomic E-state index is 0.234. The number of benzene rings is 1. The zero-order valence-electron chi connectivity index (χ0n) is 11.6. The second-order valence-corrected chi connectivity index (χ2v) is 5.23. The molecule has 0 bridgehead atoms. The fraction of sp³-hybridized carbons (Fsp3) is 0.533. The fourth-order valence-corrected chi connectivity index (χ4v) is 2.60. The highest BCUT2D eigenvalue weighted by atomic mass is 19.3. The van der Waals surface area contributed by atoms with Gasteiger partial charge in [0.15, 0.2) is 0 Å². The molecule has 1 aliphatic heterocycles. The molecule has 0 aromatic heterocycles. The number of nitrogens with zero attached hydrogens (tertiary/aromatic N) is 1. The van der Waals surface area contributed by atoms with Gasteiger partial charge in [0.05, 0.1) is 0 Å². The average molecular weight is 282 g/mol. The zero-order chi connectivity index (χ0) is 14.6. The lowest BCUT2D eigenvalue weighted by Gasteiger charge is -2.34. The van der Waals surface area contributed by atoms with Crippen LogP contribution in [0.15, 0.2) is 30.3 Å². The molecule has 5 heteroatoms. The van der Waals surface area contributed by atoms with Crippen molar-refractivity contribution in [3.8, 4) is 0 Å². The molecule has 2 rings (SSSR count). The SMILES string of the molecule is CNCC1CCN(C(=O)C(F)(F)c2ccccc2)CC1. The van der Waals surface area contributed by atoms with Crippen molar-refractivity contribution in [3.05, 3.63) is 35.9 Å². The molecule has 1 aliphatic rings. The Morgan fingerprint density at radius 2 is 1.90 bits per heavy atom. The van der Waals surface area contributed by atoms with E-state index >= 15 is 0 Å². The standard InChI is InChI=1S/C15H20F2N2O/c1-18-11-12-7-9-19(10-8-12)14(20)15(16,17)13-5-3-2-4-6-13/h2-6,12,18H,7-11H2,1H3. The van der Waals surface area contributed by atoms with Crippen LogP contribution in [0.25, 0.3) is 0 Å². The van der Waals surface area contributed by atoms with Gasteiger partial charge in [-0.2, -0.15) is 8.78 Å². The molecule has 0 atom stereocenters. The van der Waals surface area contributed by atoms with Gasteiger partial charge in [0, 0.05) is 18.7 Å². The number of amides is 1. The van der Waals surface area contributed by atoms with E-state index in [-0.39, 0.29) is 5.56 Å². The first-order valence-electron chi connectivity index (χ1n) is 6.93. The molecule has 1 aromatic carbocycles. The Kier molecular flexibility index (Phi) is 4.70. The van der Waals surface area contributed by atoms with E-state index in [1.54, 1.807) is 6.07 Å². The maximum Gasteiger partial charge on any atom is 0.349 e. The third-order valence-corrected chi connectivity index (χ3v) is 3.80. The van der Waals surface area contributed by atoms with E-state index in [2.05, 4.69) is 5.32 Å². The first-order chi connectivity index (χ1) is 9.55. The van der Waals surface area contributed by atoms with Gasteiger partial charge in [0.1, 0.15) is 0 Å². The summed E-state index contributed by atoms with van der Waals surface area (Å²) >= 11 is 0. The number of halogens is 2. The molecule has 1 saturated heterocycles. The molecule has 1 fully saturated rings. The number of piperidine rings is 1. The summed E-state index contributed by atoms with van der Waals surface area (Å²) in [5, 5.41) is 3.09. The summed E-state index contributed by atoms with van der Waals surface area (Å²) in [6, 6.07) is 7.30. The quantitative estimate of drug-likeness (QED) is 0.918. The third kappa shape index (κ3) is 3.15. The maximum absolute atomic E-state index is 14.2. The smallest absolute Gasteiger partial charge is 0.337 e. The Labute approximate surface area is 118 Å². The summed E-state index contributed by atoms with van der Waals surface area (Å²) in [5.41, 5.74) is -0.234. The molecule has 110 valence electrons. The van der Waals surface area contributed by atoms with Crippen LogP contribution < -0.4 is 5.32 Å². The van der Waals surface area contributed by atoms with E-state index in [9.17, 15) is 13.6 Å². The van der Waals surface area contributed by atoms with E-state index in [4.69, 9.17) is 0 Å². The second-order valence-electron chi connectivity index (χ2n) is 5.23. The van der Waals surface area contributed by atoms with Gasteiger partial charge < -0.3 is 10.2 Å². The fourth-order valence-electron chi connectivity index (χ4n) is 2.60. The van der Waals surface area contributed by atoms with E-state index in [1.807, 2.05) is 7.05 Å². The van der Waals surface area contributed by atoms with E-state index in [0.29, 0.717) is 19.0 Å². The molecule has 3 nitrogen and oxygen atoms in total. The highest BCUT2D eigenvalue weighted by Crippen LogP contribution is 2.31. The Balaban J connectivity index is 2.01. The van der Waals surface area contributed by atoms with Crippen molar-refractivity contribution in [2.24, 2.45) is 5.92 Å². The average Bonchev–Trinajstić information content (AvgIpc) is 2.48. The molecule has 0 spiro atoms. The van der Waals surface area contributed by atoms with Gasteiger partial charge in [-0.1, -0.05) is 30.3 Å². The van der Waals surface area contributed by atoms with Gasteiger partial charge >= 0.3 is 5.92 Å².